The Kier molecular flexibility index (Phi) is 2.71. The molecule has 0 radical (unpaired) electrons. The van der Waals surface area contributed by atoms with Gasteiger partial charge in [-0.1, -0.05) is 6.07 Å². The highest BCUT2D eigenvalue weighted by atomic mass is 32.2. The monoisotopic (exact) mass is 241 g/mol. The van der Waals surface area contributed by atoms with Crippen molar-refractivity contribution in [2.75, 3.05) is 13.7 Å². The van der Waals surface area contributed by atoms with Crippen LogP contribution < -0.4 is 10.6 Å². The summed E-state index contributed by atoms with van der Waals surface area (Å²) in [5, 5.41) is 0. The van der Waals surface area contributed by atoms with Crippen molar-refractivity contribution in [1.82, 2.24) is 0 Å². The van der Waals surface area contributed by atoms with Gasteiger partial charge in [-0.2, -0.15) is 0 Å². The van der Waals surface area contributed by atoms with E-state index >= 15 is 0 Å². The van der Waals surface area contributed by atoms with Crippen LogP contribution in [0.3, 0.4) is 0 Å². The van der Waals surface area contributed by atoms with Gasteiger partial charge in [-0.3, -0.25) is 4.84 Å². The van der Waals surface area contributed by atoms with Gasteiger partial charge in [0.05, 0.1) is 16.9 Å². The molecule has 1 aromatic rings. The predicted octanol–water partition coefficient (Wildman–Crippen LogP) is 0.714. The SMILES string of the molecule is COc1cccc2c1C=C(CON)S2(=O)=O. The Balaban J connectivity index is 2.62. The lowest BCUT2D eigenvalue weighted by Gasteiger charge is -2.04. The first-order valence-electron chi connectivity index (χ1n) is 4.55. The molecular formula is C10H11NO4S. The summed E-state index contributed by atoms with van der Waals surface area (Å²) in [7, 11) is -1.97. The topological polar surface area (TPSA) is 78.6 Å². The van der Waals surface area contributed by atoms with Crippen LogP contribution in [0.1, 0.15) is 5.56 Å². The molecule has 0 atom stereocenters. The van der Waals surface area contributed by atoms with E-state index in [2.05, 4.69) is 4.84 Å². The van der Waals surface area contributed by atoms with Gasteiger partial charge in [0, 0.05) is 5.56 Å². The van der Waals surface area contributed by atoms with Crippen LogP contribution in [0.5, 0.6) is 5.75 Å². The van der Waals surface area contributed by atoms with E-state index < -0.39 is 9.84 Å². The number of sulfone groups is 1. The van der Waals surface area contributed by atoms with E-state index in [4.69, 9.17) is 10.6 Å². The van der Waals surface area contributed by atoms with Gasteiger partial charge in [0.15, 0.2) is 0 Å². The van der Waals surface area contributed by atoms with Crippen molar-refractivity contribution >= 4 is 15.9 Å². The molecule has 0 bridgehead atoms. The summed E-state index contributed by atoms with van der Waals surface area (Å²) >= 11 is 0. The fraction of sp³-hybridized carbons (Fsp3) is 0.200. The highest BCUT2D eigenvalue weighted by molar-refractivity contribution is 7.95. The Hall–Kier alpha value is -1.37. The Morgan fingerprint density at radius 1 is 1.38 bits per heavy atom. The number of ether oxygens (including phenoxy) is 1. The highest BCUT2D eigenvalue weighted by Crippen LogP contribution is 2.37. The molecule has 5 nitrogen and oxygen atoms in total. The number of nitrogens with two attached hydrogens (primary N) is 1. The molecule has 0 saturated carbocycles. The van der Waals surface area contributed by atoms with E-state index in [1.807, 2.05) is 0 Å². The van der Waals surface area contributed by atoms with Crippen LogP contribution in [0.25, 0.3) is 6.08 Å². The average Bonchev–Trinajstić information content (AvgIpc) is 2.52. The van der Waals surface area contributed by atoms with E-state index in [1.165, 1.54) is 19.3 Å². The van der Waals surface area contributed by atoms with Crippen molar-refractivity contribution < 1.29 is 18.0 Å². The lowest BCUT2D eigenvalue weighted by molar-refractivity contribution is 0.166. The van der Waals surface area contributed by atoms with Crippen LogP contribution in [0.4, 0.5) is 0 Å². The molecule has 86 valence electrons. The summed E-state index contributed by atoms with van der Waals surface area (Å²) in [4.78, 5) is 4.76. The molecule has 0 amide bonds. The molecule has 16 heavy (non-hydrogen) atoms. The molecule has 1 aliphatic rings. The number of benzene rings is 1. The van der Waals surface area contributed by atoms with E-state index in [9.17, 15) is 8.42 Å². The van der Waals surface area contributed by atoms with E-state index in [0.29, 0.717) is 11.3 Å². The number of hydrogen-bond acceptors (Lipinski definition) is 5. The van der Waals surface area contributed by atoms with Crippen molar-refractivity contribution in [2.24, 2.45) is 5.90 Å². The summed E-state index contributed by atoms with van der Waals surface area (Å²) < 4.78 is 29.1. The third kappa shape index (κ3) is 1.51. The Labute approximate surface area is 93.3 Å². The second kappa shape index (κ2) is 3.89. The number of fused-ring (bicyclic) bond motifs is 1. The smallest absolute Gasteiger partial charge is 0.205 e. The molecule has 0 unspecified atom stereocenters. The zero-order chi connectivity index (χ0) is 11.8. The van der Waals surface area contributed by atoms with E-state index in [-0.39, 0.29) is 16.4 Å². The van der Waals surface area contributed by atoms with Gasteiger partial charge in [-0.05, 0) is 18.2 Å². The number of methoxy groups -OCH3 is 1. The molecule has 0 fully saturated rings. The lowest BCUT2D eigenvalue weighted by Crippen LogP contribution is -2.09. The quantitative estimate of drug-likeness (QED) is 0.788. The van der Waals surface area contributed by atoms with Gasteiger partial charge in [-0.15, -0.1) is 0 Å². The van der Waals surface area contributed by atoms with Crippen LogP contribution in [0.15, 0.2) is 28.0 Å². The molecule has 1 heterocycles. The highest BCUT2D eigenvalue weighted by Gasteiger charge is 2.31. The van der Waals surface area contributed by atoms with Gasteiger partial charge in [0.1, 0.15) is 12.4 Å². The second-order valence-electron chi connectivity index (χ2n) is 3.30. The van der Waals surface area contributed by atoms with Gasteiger partial charge in [-0.25, -0.2) is 14.3 Å². The standard InChI is InChI=1S/C10H11NO4S/c1-14-9-3-2-4-10-8(9)5-7(6-15-11)16(10,12)13/h2-5H,6,11H2,1H3. The van der Waals surface area contributed by atoms with Gasteiger partial charge >= 0.3 is 0 Å². The Bertz CT molecular complexity index is 548. The van der Waals surface area contributed by atoms with Crippen molar-refractivity contribution in [3.8, 4) is 5.75 Å². The summed E-state index contributed by atoms with van der Waals surface area (Å²) in [6, 6.07) is 4.87. The summed E-state index contributed by atoms with van der Waals surface area (Å²) in [6.07, 6.45) is 1.52. The van der Waals surface area contributed by atoms with Crippen LogP contribution in [-0.2, 0) is 14.7 Å². The summed E-state index contributed by atoms with van der Waals surface area (Å²) in [6.45, 7) is -0.139. The van der Waals surface area contributed by atoms with Crippen LogP contribution in [-0.4, -0.2) is 22.1 Å². The molecule has 1 aliphatic heterocycles. The number of rotatable bonds is 3. The molecule has 0 aromatic heterocycles. The molecule has 0 aliphatic carbocycles. The number of hydrogen-bond donors (Lipinski definition) is 1. The maximum absolute atomic E-state index is 12.0. The van der Waals surface area contributed by atoms with Crippen molar-refractivity contribution in [3.63, 3.8) is 0 Å². The summed E-state index contributed by atoms with van der Waals surface area (Å²) in [5.41, 5.74) is 0.553. The van der Waals surface area contributed by atoms with Crippen molar-refractivity contribution in [1.29, 1.82) is 0 Å². The first kappa shape index (κ1) is 11.1. The molecule has 2 rings (SSSR count). The maximum atomic E-state index is 12.0. The zero-order valence-electron chi connectivity index (χ0n) is 8.64. The van der Waals surface area contributed by atoms with Crippen LogP contribution >= 0.6 is 0 Å². The molecule has 0 saturated heterocycles. The van der Waals surface area contributed by atoms with Gasteiger partial charge in [0.25, 0.3) is 0 Å². The minimum atomic E-state index is -3.47. The van der Waals surface area contributed by atoms with E-state index in [0.717, 1.165) is 0 Å². The minimum absolute atomic E-state index is 0.139. The maximum Gasteiger partial charge on any atom is 0.205 e. The lowest BCUT2D eigenvalue weighted by atomic mass is 10.2. The molecule has 6 heteroatoms. The average molecular weight is 241 g/mol. The molecule has 2 N–H and O–H groups in total. The predicted molar refractivity (Wildman–Crippen MR) is 58.3 cm³/mol. The van der Waals surface area contributed by atoms with Crippen molar-refractivity contribution in [3.05, 3.63) is 28.7 Å². The fourth-order valence-electron chi connectivity index (χ4n) is 1.66. The van der Waals surface area contributed by atoms with E-state index in [1.54, 1.807) is 12.1 Å². The Morgan fingerprint density at radius 3 is 2.75 bits per heavy atom. The largest absolute Gasteiger partial charge is 0.496 e. The van der Waals surface area contributed by atoms with Gasteiger partial charge < -0.3 is 4.74 Å². The van der Waals surface area contributed by atoms with Crippen LogP contribution in [0.2, 0.25) is 0 Å². The molecule has 0 spiro atoms. The summed E-state index contributed by atoms with van der Waals surface area (Å²) in [5.74, 6) is 5.42. The fourth-order valence-corrected chi connectivity index (χ4v) is 3.15. The third-order valence-electron chi connectivity index (χ3n) is 2.41. The van der Waals surface area contributed by atoms with Crippen LogP contribution in [0, 0.1) is 0 Å². The second-order valence-corrected chi connectivity index (χ2v) is 5.27. The molecule has 1 aromatic carbocycles. The van der Waals surface area contributed by atoms with Gasteiger partial charge in [0.2, 0.25) is 9.84 Å². The Morgan fingerprint density at radius 2 is 2.12 bits per heavy atom. The first-order valence-corrected chi connectivity index (χ1v) is 6.04. The minimum Gasteiger partial charge on any atom is -0.496 e. The third-order valence-corrected chi connectivity index (χ3v) is 4.27. The normalized spacial score (nSPS) is 16.8. The van der Waals surface area contributed by atoms with Crippen molar-refractivity contribution in [2.45, 2.75) is 4.90 Å². The molecular weight excluding hydrogens is 230 g/mol. The first-order chi connectivity index (χ1) is 7.61. The zero-order valence-corrected chi connectivity index (χ0v) is 9.45.